The van der Waals surface area contributed by atoms with Crippen LogP contribution in [0.4, 0.5) is 0 Å². The Kier molecular flexibility index (Phi) is 6.96. The maximum Gasteiger partial charge on any atom is 0.327 e. The van der Waals surface area contributed by atoms with Crippen LogP contribution in [0.1, 0.15) is 47.5 Å². The Hall–Kier alpha value is -0.610. The number of nitrogens with zero attached hydrogens (tertiary/aromatic N) is 1. The Balaban J connectivity index is 2.70. The number of piperidine rings is 1. The van der Waals surface area contributed by atoms with Crippen molar-refractivity contribution in [2.75, 3.05) is 32.8 Å². The van der Waals surface area contributed by atoms with Crippen LogP contribution in [-0.4, -0.2) is 49.2 Å². The summed E-state index contributed by atoms with van der Waals surface area (Å²) < 4.78 is 5.27. The average molecular weight is 284 g/mol. The van der Waals surface area contributed by atoms with E-state index in [1.54, 1.807) is 0 Å². The van der Waals surface area contributed by atoms with Crippen LogP contribution in [0.3, 0.4) is 0 Å². The fourth-order valence-corrected chi connectivity index (χ4v) is 3.25. The summed E-state index contributed by atoms with van der Waals surface area (Å²) in [7, 11) is 0. The molecule has 4 heteroatoms. The first kappa shape index (κ1) is 17.4. The molecule has 3 atom stereocenters. The van der Waals surface area contributed by atoms with Crippen molar-refractivity contribution in [1.29, 1.82) is 0 Å². The summed E-state index contributed by atoms with van der Waals surface area (Å²) in [5, 5.41) is 3.39. The Labute approximate surface area is 124 Å². The minimum atomic E-state index is -0.594. The van der Waals surface area contributed by atoms with Crippen LogP contribution in [0.25, 0.3) is 0 Å². The molecule has 1 saturated heterocycles. The Morgan fingerprint density at radius 1 is 1.30 bits per heavy atom. The minimum Gasteiger partial charge on any atom is -0.465 e. The molecule has 0 aliphatic carbocycles. The van der Waals surface area contributed by atoms with Gasteiger partial charge in [-0.2, -0.15) is 0 Å². The fraction of sp³-hybridized carbons (Fsp3) is 0.938. The molecule has 1 fully saturated rings. The van der Waals surface area contributed by atoms with Crippen LogP contribution in [0.2, 0.25) is 0 Å². The van der Waals surface area contributed by atoms with Gasteiger partial charge in [0.05, 0.1) is 6.61 Å². The average Bonchev–Trinajstić information content (AvgIpc) is 2.35. The Morgan fingerprint density at radius 2 is 1.90 bits per heavy atom. The summed E-state index contributed by atoms with van der Waals surface area (Å²) in [6.45, 7) is 14.7. The quantitative estimate of drug-likeness (QED) is 0.728. The lowest BCUT2D eigenvalue weighted by molar-refractivity contribution is -0.151. The number of carbonyl (C=O) groups excluding carboxylic acids is 1. The zero-order valence-corrected chi connectivity index (χ0v) is 13.9. The predicted octanol–water partition coefficient (Wildman–Crippen LogP) is 2.29. The molecule has 1 aliphatic rings. The van der Waals surface area contributed by atoms with Crippen molar-refractivity contribution in [2.24, 2.45) is 11.8 Å². The van der Waals surface area contributed by atoms with Gasteiger partial charge in [0.1, 0.15) is 5.54 Å². The van der Waals surface area contributed by atoms with Crippen LogP contribution >= 0.6 is 0 Å². The lowest BCUT2D eigenvalue weighted by Crippen LogP contribution is -2.59. The third-order valence-corrected chi connectivity index (χ3v) is 3.98. The first-order chi connectivity index (χ1) is 9.41. The van der Waals surface area contributed by atoms with E-state index in [1.807, 2.05) is 13.8 Å². The van der Waals surface area contributed by atoms with Crippen molar-refractivity contribution in [1.82, 2.24) is 10.2 Å². The second kappa shape index (κ2) is 7.99. The van der Waals surface area contributed by atoms with Crippen molar-refractivity contribution in [3.05, 3.63) is 0 Å². The molecule has 0 saturated carbocycles. The van der Waals surface area contributed by atoms with Gasteiger partial charge in [-0.15, -0.1) is 0 Å². The first-order valence-electron chi connectivity index (χ1n) is 8.05. The van der Waals surface area contributed by atoms with Crippen molar-refractivity contribution >= 4 is 5.97 Å². The van der Waals surface area contributed by atoms with Crippen LogP contribution in [0.5, 0.6) is 0 Å². The third kappa shape index (κ3) is 5.06. The van der Waals surface area contributed by atoms with Crippen molar-refractivity contribution in [2.45, 2.75) is 53.0 Å². The van der Waals surface area contributed by atoms with Gasteiger partial charge in [0.15, 0.2) is 0 Å². The molecule has 1 aliphatic heterocycles. The summed E-state index contributed by atoms with van der Waals surface area (Å²) >= 11 is 0. The van der Waals surface area contributed by atoms with Gasteiger partial charge in [0.25, 0.3) is 0 Å². The van der Waals surface area contributed by atoms with E-state index in [1.165, 1.54) is 6.42 Å². The second-order valence-electron chi connectivity index (χ2n) is 6.62. The normalized spacial score (nSPS) is 27.1. The number of rotatable bonds is 7. The van der Waals surface area contributed by atoms with E-state index in [0.717, 1.165) is 32.6 Å². The largest absolute Gasteiger partial charge is 0.465 e. The lowest BCUT2D eigenvalue weighted by atomic mass is 9.90. The van der Waals surface area contributed by atoms with E-state index in [2.05, 4.69) is 31.0 Å². The van der Waals surface area contributed by atoms with E-state index in [9.17, 15) is 4.79 Å². The van der Waals surface area contributed by atoms with Crippen molar-refractivity contribution < 1.29 is 9.53 Å². The second-order valence-corrected chi connectivity index (χ2v) is 6.62. The SMILES string of the molecule is CCCNC(C)(CN1CC(C)CC(C)C1)C(=O)OCC. The predicted molar refractivity (Wildman–Crippen MR) is 82.7 cm³/mol. The Bertz CT molecular complexity index is 299. The zero-order valence-electron chi connectivity index (χ0n) is 13.9. The molecular formula is C16H32N2O2. The lowest BCUT2D eigenvalue weighted by Gasteiger charge is -2.40. The molecule has 0 spiro atoms. The summed E-state index contributed by atoms with van der Waals surface area (Å²) in [6.07, 6.45) is 2.30. The van der Waals surface area contributed by atoms with Gasteiger partial charge < -0.3 is 15.0 Å². The molecule has 118 valence electrons. The van der Waals surface area contributed by atoms with Gasteiger partial charge in [-0.25, -0.2) is 0 Å². The fourth-order valence-electron chi connectivity index (χ4n) is 3.25. The Morgan fingerprint density at radius 3 is 2.40 bits per heavy atom. The smallest absolute Gasteiger partial charge is 0.327 e. The molecule has 0 amide bonds. The molecule has 0 aromatic heterocycles. The van der Waals surface area contributed by atoms with Crippen LogP contribution in [0.15, 0.2) is 0 Å². The molecular weight excluding hydrogens is 252 g/mol. The van der Waals surface area contributed by atoms with Gasteiger partial charge in [0, 0.05) is 19.6 Å². The summed E-state index contributed by atoms with van der Waals surface area (Å²) in [4.78, 5) is 14.7. The van der Waals surface area contributed by atoms with Gasteiger partial charge in [-0.05, 0) is 45.1 Å². The van der Waals surface area contributed by atoms with Gasteiger partial charge in [-0.1, -0.05) is 20.8 Å². The number of hydrogen-bond acceptors (Lipinski definition) is 4. The molecule has 1 rings (SSSR count). The first-order valence-corrected chi connectivity index (χ1v) is 8.05. The number of carbonyl (C=O) groups is 1. The number of ether oxygens (including phenoxy) is 1. The van der Waals surface area contributed by atoms with Gasteiger partial charge in [0.2, 0.25) is 0 Å². The minimum absolute atomic E-state index is 0.126. The van der Waals surface area contributed by atoms with Gasteiger partial charge in [-0.3, -0.25) is 4.79 Å². The summed E-state index contributed by atoms with van der Waals surface area (Å²) in [5.41, 5.74) is -0.594. The molecule has 1 N–H and O–H groups in total. The molecule has 20 heavy (non-hydrogen) atoms. The van der Waals surface area contributed by atoms with Crippen molar-refractivity contribution in [3.63, 3.8) is 0 Å². The maximum atomic E-state index is 12.3. The molecule has 4 nitrogen and oxygen atoms in total. The number of likely N-dealkylation sites (tertiary alicyclic amines) is 1. The monoisotopic (exact) mass is 284 g/mol. The van der Waals surface area contributed by atoms with E-state index in [4.69, 9.17) is 4.74 Å². The summed E-state index contributed by atoms with van der Waals surface area (Å²) in [6, 6.07) is 0. The standard InChI is InChI=1S/C16H32N2O2/c1-6-8-17-16(5,15(19)20-7-2)12-18-10-13(3)9-14(4)11-18/h13-14,17H,6-12H2,1-5H3. The highest BCUT2D eigenvalue weighted by atomic mass is 16.5. The van der Waals surface area contributed by atoms with E-state index < -0.39 is 5.54 Å². The highest BCUT2D eigenvalue weighted by Gasteiger charge is 2.37. The van der Waals surface area contributed by atoms with Gasteiger partial charge >= 0.3 is 5.97 Å². The highest BCUT2D eigenvalue weighted by Crippen LogP contribution is 2.23. The van der Waals surface area contributed by atoms with Crippen LogP contribution in [0, 0.1) is 11.8 Å². The van der Waals surface area contributed by atoms with Crippen molar-refractivity contribution in [3.8, 4) is 0 Å². The highest BCUT2D eigenvalue weighted by molar-refractivity contribution is 5.80. The molecule has 0 aromatic carbocycles. The van der Waals surface area contributed by atoms with Crippen LogP contribution in [-0.2, 0) is 9.53 Å². The molecule has 3 unspecified atom stereocenters. The third-order valence-electron chi connectivity index (χ3n) is 3.98. The number of esters is 1. The number of nitrogens with one attached hydrogen (secondary N) is 1. The summed E-state index contributed by atoms with van der Waals surface area (Å²) in [5.74, 6) is 1.28. The number of hydrogen-bond donors (Lipinski definition) is 1. The van der Waals surface area contributed by atoms with Crippen LogP contribution < -0.4 is 5.32 Å². The van der Waals surface area contributed by atoms with E-state index in [-0.39, 0.29) is 5.97 Å². The molecule has 0 aromatic rings. The topological polar surface area (TPSA) is 41.6 Å². The maximum absolute atomic E-state index is 12.3. The molecule has 1 heterocycles. The molecule has 0 radical (unpaired) electrons. The van der Waals surface area contributed by atoms with E-state index in [0.29, 0.717) is 18.4 Å². The molecule has 0 bridgehead atoms. The zero-order chi connectivity index (χ0) is 15.2. The van der Waals surface area contributed by atoms with E-state index >= 15 is 0 Å².